The van der Waals surface area contributed by atoms with Gasteiger partial charge in [-0.3, -0.25) is 0 Å². The highest BCUT2D eigenvalue weighted by Gasteiger charge is 2.35. The molecule has 2 heterocycles. The molecule has 0 amide bonds. The van der Waals surface area contributed by atoms with E-state index in [2.05, 4.69) is 10.1 Å². The van der Waals surface area contributed by atoms with Crippen LogP contribution in [0.25, 0.3) is 0 Å². The highest BCUT2D eigenvalue weighted by molar-refractivity contribution is 6.64. The number of carbonyl (C=O) groups excluding carboxylic acids is 1. The van der Waals surface area contributed by atoms with Crippen molar-refractivity contribution in [3.05, 3.63) is 0 Å². The van der Waals surface area contributed by atoms with Gasteiger partial charge in [0.25, 0.3) is 7.41 Å². The molecule has 0 aromatic rings. The maximum atomic E-state index is 10.2. The fourth-order valence-corrected chi connectivity index (χ4v) is 2.10. The SMILES string of the molecule is O=C[B]N1CC2CNCC2C1. The maximum Gasteiger partial charge on any atom is 0.293 e. The van der Waals surface area contributed by atoms with E-state index in [1.54, 1.807) is 7.41 Å². The van der Waals surface area contributed by atoms with Gasteiger partial charge in [0.15, 0.2) is 0 Å². The first-order valence-electron chi connectivity index (χ1n) is 4.13. The first kappa shape index (κ1) is 7.31. The summed E-state index contributed by atoms with van der Waals surface area (Å²) in [5.41, 5.74) is 0. The fraction of sp³-hybridized carbons (Fsp3) is 0.857. The number of carbonyl (C=O) groups is 1. The minimum absolute atomic E-state index is 0.784. The Balaban J connectivity index is 1.89. The molecular weight excluding hydrogens is 139 g/mol. The van der Waals surface area contributed by atoms with E-state index in [4.69, 9.17) is 0 Å². The molecule has 4 heteroatoms. The molecule has 0 bridgehead atoms. The Labute approximate surface area is 67.4 Å². The van der Waals surface area contributed by atoms with E-state index in [9.17, 15) is 4.79 Å². The third kappa shape index (κ3) is 1.33. The quantitative estimate of drug-likeness (QED) is 0.403. The van der Waals surface area contributed by atoms with E-state index in [1.807, 2.05) is 0 Å². The van der Waals surface area contributed by atoms with Gasteiger partial charge in [0.05, 0.1) is 6.19 Å². The van der Waals surface area contributed by atoms with Crippen LogP contribution in [-0.2, 0) is 4.79 Å². The second kappa shape index (κ2) is 2.95. The lowest BCUT2D eigenvalue weighted by atomic mass is 9.95. The Bertz CT molecular complexity index is 153. The lowest BCUT2D eigenvalue weighted by molar-refractivity contribution is 0.494. The Morgan fingerprint density at radius 3 is 2.55 bits per heavy atom. The Hall–Kier alpha value is -0.345. The van der Waals surface area contributed by atoms with Crippen molar-refractivity contribution < 1.29 is 4.79 Å². The summed E-state index contributed by atoms with van der Waals surface area (Å²) in [5, 5.41) is 3.36. The molecule has 2 fully saturated rings. The smallest absolute Gasteiger partial charge is 0.293 e. The molecule has 3 nitrogen and oxygen atoms in total. The standard InChI is InChI=1S/C7H12BN2O/c11-5-8-10-3-6-1-9-2-7(6)4-10/h5-7,9H,1-4H2. The van der Waals surface area contributed by atoms with Crippen LogP contribution in [0.1, 0.15) is 0 Å². The highest BCUT2D eigenvalue weighted by atomic mass is 16.1. The van der Waals surface area contributed by atoms with Gasteiger partial charge in [-0.2, -0.15) is 0 Å². The Morgan fingerprint density at radius 2 is 2.00 bits per heavy atom. The van der Waals surface area contributed by atoms with Crippen molar-refractivity contribution in [1.29, 1.82) is 0 Å². The molecule has 0 aliphatic carbocycles. The van der Waals surface area contributed by atoms with Crippen molar-refractivity contribution in [2.75, 3.05) is 26.2 Å². The van der Waals surface area contributed by atoms with E-state index in [1.165, 1.54) is 0 Å². The molecule has 0 aromatic carbocycles. The zero-order valence-electron chi connectivity index (χ0n) is 6.49. The Morgan fingerprint density at radius 1 is 1.36 bits per heavy atom. The number of hydrogen-bond acceptors (Lipinski definition) is 3. The molecule has 2 aliphatic rings. The summed E-state index contributed by atoms with van der Waals surface area (Å²) in [5.74, 6) is 1.57. The molecule has 0 aromatic heterocycles. The van der Waals surface area contributed by atoms with Crippen molar-refractivity contribution in [2.24, 2.45) is 11.8 Å². The number of rotatable bonds is 2. The van der Waals surface area contributed by atoms with Crippen molar-refractivity contribution >= 4 is 13.6 Å². The summed E-state index contributed by atoms with van der Waals surface area (Å²) >= 11 is 0. The molecule has 2 atom stereocenters. The third-order valence-corrected chi connectivity index (χ3v) is 2.69. The van der Waals surface area contributed by atoms with Crippen molar-refractivity contribution in [3.63, 3.8) is 0 Å². The van der Waals surface area contributed by atoms with E-state index in [0.717, 1.165) is 44.2 Å². The lowest BCUT2D eigenvalue weighted by Gasteiger charge is -2.11. The van der Waals surface area contributed by atoms with Crippen molar-refractivity contribution in [3.8, 4) is 0 Å². The molecule has 0 saturated carbocycles. The molecular formula is C7H12BN2O. The van der Waals surface area contributed by atoms with E-state index in [-0.39, 0.29) is 0 Å². The highest BCUT2D eigenvalue weighted by Crippen LogP contribution is 2.24. The summed E-state index contributed by atoms with van der Waals surface area (Å²) in [6.07, 6.45) is 0.883. The first-order valence-corrected chi connectivity index (χ1v) is 4.13. The predicted octanol–water partition coefficient (Wildman–Crippen LogP) is -1.05. The molecule has 59 valence electrons. The van der Waals surface area contributed by atoms with Gasteiger partial charge >= 0.3 is 0 Å². The monoisotopic (exact) mass is 151 g/mol. The molecule has 11 heavy (non-hydrogen) atoms. The van der Waals surface area contributed by atoms with Crippen LogP contribution in [0.15, 0.2) is 0 Å². The number of nitrogens with zero attached hydrogens (tertiary/aromatic N) is 1. The van der Waals surface area contributed by atoms with E-state index < -0.39 is 0 Å². The average Bonchev–Trinajstić information content (AvgIpc) is 2.46. The average molecular weight is 151 g/mol. The summed E-state index contributed by atoms with van der Waals surface area (Å²) in [7, 11) is 1.66. The van der Waals surface area contributed by atoms with Crippen LogP contribution in [-0.4, -0.2) is 44.6 Å². The Kier molecular flexibility index (Phi) is 1.96. The molecule has 1 radical (unpaired) electrons. The fourth-order valence-electron chi connectivity index (χ4n) is 2.10. The minimum atomic E-state index is 0.784. The number of nitrogens with one attached hydrogen (secondary N) is 1. The van der Waals surface area contributed by atoms with Gasteiger partial charge in [0.2, 0.25) is 0 Å². The van der Waals surface area contributed by atoms with Crippen LogP contribution >= 0.6 is 0 Å². The van der Waals surface area contributed by atoms with Crippen LogP contribution in [0.3, 0.4) is 0 Å². The van der Waals surface area contributed by atoms with Crippen molar-refractivity contribution in [1.82, 2.24) is 10.1 Å². The van der Waals surface area contributed by atoms with Gasteiger partial charge in [-0.15, -0.1) is 0 Å². The summed E-state index contributed by atoms with van der Waals surface area (Å²) in [6.45, 7) is 4.40. The van der Waals surface area contributed by atoms with Gasteiger partial charge in [0, 0.05) is 0 Å². The summed E-state index contributed by atoms with van der Waals surface area (Å²) in [6, 6.07) is 0. The summed E-state index contributed by atoms with van der Waals surface area (Å²) in [4.78, 5) is 12.3. The van der Waals surface area contributed by atoms with Crippen LogP contribution in [0.5, 0.6) is 0 Å². The second-order valence-corrected chi connectivity index (χ2v) is 3.42. The van der Waals surface area contributed by atoms with Crippen molar-refractivity contribution in [2.45, 2.75) is 0 Å². The molecule has 2 saturated heterocycles. The molecule has 2 unspecified atom stereocenters. The minimum Gasteiger partial charge on any atom is -0.339 e. The second-order valence-electron chi connectivity index (χ2n) is 3.42. The van der Waals surface area contributed by atoms with Crippen LogP contribution < -0.4 is 5.32 Å². The van der Waals surface area contributed by atoms with Crippen LogP contribution in [0.2, 0.25) is 0 Å². The molecule has 2 aliphatic heterocycles. The van der Waals surface area contributed by atoms with Crippen LogP contribution in [0.4, 0.5) is 0 Å². The topological polar surface area (TPSA) is 32.3 Å². The normalized spacial score (nSPS) is 37.1. The maximum absolute atomic E-state index is 10.2. The predicted molar refractivity (Wildman–Crippen MR) is 43.9 cm³/mol. The largest absolute Gasteiger partial charge is 0.339 e. The molecule has 2 rings (SSSR count). The zero-order chi connectivity index (χ0) is 7.68. The molecule has 1 N–H and O–H groups in total. The zero-order valence-corrected chi connectivity index (χ0v) is 6.49. The number of hydrogen-bond donors (Lipinski definition) is 1. The van der Waals surface area contributed by atoms with Gasteiger partial charge in [-0.25, -0.2) is 0 Å². The van der Waals surface area contributed by atoms with Gasteiger partial charge in [0.1, 0.15) is 0 Å². The first-order chi connectivity index (χ1) is 5.40. The van der Waals surface area contributed by atoms with E-state index >= 15 is 0 Å². The van der Waals surface area contributed by atoms with Crippen LogP contribution in [0, 0.1) is 11.8 Å². The van der Waals surface area contributed by atoms with Gasteiger partial charge in [-0.05, 0) is 38.0 Å². The van der Waals surface area contributed by atoms with E-state index in [0.29, 0.717) is 0 Å². The van der Waals surface area contributed by atoms with Gasteiger partial charge < -0.3 is 14.9 Å². The van der Waals surface area contributed by atoms with Gasteiger partial charge in [-0.1, -0.05) is 0 Å². The third-order valence-electron chi connectivity index (χ3n) is 2.69. The molecule has 0 spiro atoms. The summed E-state index contributed by atoms with van der Waals surface area (Å²) < 4.78 is 0. The lowest BCUT2D eigenvalue weighted by Crippen LogP contribution is -2.29. The number of fused-ring (bicyclic) bond motifs is 1.